The van der Waals surface area contributed by atoms with Gasteiger partial charge in [-0.3, -0.25) is 0 Å². The van der Waals surface area contributed by atoms with Crippen LogP contribution in [0.4, 0.5) is 5.69 Å². The van der Waals surface area contributed by atoms with Crippen molar-refractivity contribution in [3.05, 3.63) is 22.7 Å². The van der Waals surface area contributed by atoms with Gasteiger partial charge in [0.2, 0.25) is 0 Å². The van der Waals surface area contributed by atoms with Crippen LogP contribution in [0.3, 0.4) is 0 Å². The summed E-state index contributed by atoms with van der Waals surface area (Å²) in [4.78, 5) is 2.46. The summed E-state index contributed by atoms with van der Waals surface area (Å²) < 4.78 is 6.61. The van der Waals surface area contributed by atoms with Gasteiger partial charge < -0.3 is 15.0 Å². The molecule has 19 heavy (non-hydrogen) atoms. The van der Waals surface area contributed by atoms with E-state index in [1.807, 2.05) is 12.1 Å². The predicted octanol–water partition coefficient (Wildman–Crippen LogP) is 3.28. The Morgan fingerprint density at radius 1 is 1.37 bits per heavy atom. The first-order valence-electron chi connectivity index (χ1n) is 6.86. The van der Waals surface area contributed by atoms with Crippen molar-refractivity contribution in [2.75, 3.05) is 25.6 Å². The molecule has 0 radical (unpaired) electrons. The van der Waals surface area contributed by atoms with Crippen LogP contribution >= 0.6 is 15.9 Å². The first-order valence-corrected chi connectivity index (χ1v) is 7.65. The fraction of sp³-hybridized carbons (Fsp3) is 0.600. The lowest BCUT2D eigenvalue weighted by atomic mass is 9.86. The van der Waals surface area contributed by atoms with E-state index in [0.29, 0.717) is 18.0 Å². The SMILES string of the molecule is CNC1CCN(c2cc(Br)ccc2OC)C(C)C1C. The van der Waals surface area contributed by atoms with E-state index >= 15 is 0 Å². The third-order valence-corrected chi connectivity index (χ3v) is 4.88. The highest BCUT2D eigenvalue weighted by molar-refractivity contribution is 9.10. The van der Waals surface area contributed by atoms with Crippen molar-refractivity contribution in [1.29, 1.82) is 0 Å². The van der Waals surface area contributed by atoms with Gasteiger partial charge in [0, 0.05) is 23.1 Å². The highest BCUT2D eigenvalue weighted by Gasteiger charge is 2.32. The lowest BCUT2D eigenvalue weighted by molar-refractivity contribution is 0.280. The Labute approximate surface area is 124 Å². The van der Waals surface area contributed by atoms with Gasteiger partial charge in [-0.25, -0.2) is 0 Å². The lowest BCUT2D eigenvalue weighted by Crippen LogP contribution is -2.52. The molecule has 0 saturated carbocycles. The van der Waals surface area contributed by atoms with Crippen LogP contribution in [0.5, 0.6) is 5.75 Å². The molecule has 2 rings (SSSR count). The van der Waals surface area contributed by atoms with Crippen molar-refractivity contribution in [2.45, 2.75) is 32.4 Å². The minimum absolute atomic E-state index is 0.495. The van der Waals surface area contributed by atoms with Gasteiger partial charge in [-0.15, -0.1) is 0 Å². The largest absolute Gasteiger partial charge is 0.495 e. The second-order valence-corrected chi connectivity index (χ2v) is 6.21. The van der Waals surface area contributed by atoms with Crippen molar-refractivity contribution in [1.82, 2.24) is 5.32 Å². The average molecular weight is 327 g/mol. The van der Waals surface area contributed by atoms with Crippen LogP contribution < -0.4 is 15.0 Å². The summed E-state index contributed by atoms with van der Waals surface area (Å²) in [5.74, 6) is 1.56. The van der Waals surface area contributed by atoms with Crippen LogP contribution in [0.15, 0.2) is 22.7 Å². The van der Waals surface area contributed by atoms with Crippen molar-refractivity contribution in [3.8, 4) is 5.75 Å². The highest BCUT2D eigenvalue weighted by atomic mass is 79.9. The summed E-state index contributed by atoms with van der Waals surface area (Å²) in [5.41, 5.74) is 1.19. The van der Waals surface area contributed by atoms with Crippen LogP contribution in [-0.2, 0) is 0 Å². The Bertz CT molecular complexity index is 438. The topological polar surface area (TPSA) is 24.5 Å². The molecule has 3 unspecified atom stereocenters. The first kappa shape index (κ1) is 14.7. The van der Waals surface area contributed by atoms with Gasteiger partial charge in [0.25, 0.3) is 0 Å². The molecule has 1 heterocycles. The molecular formula is C15H23BrN2O. The monoisotopic (exact) mass is 326 g/mol. The van der Waals surface area contributed by atoms with Crippen molar-refractivity contribution >= 4 is 21.6 Å². The molecule has 0 bridgehead atoms. The third kappa shape index (κ3) is 2.90. The standard InChI is InChI=1S/C15H23BrN2O/c1-10-11(2)18(8-7-13(10)17-3)14-9-12(16)5-6-15(14)19-4/h5-6,9-11,13,17H,7-8H2,1-4H3. The second kappa shape index (κ2) is 6.14. The molecule has 1 N–H and O–H groups in total. The lowest BCUT2D eigenvalue weighted by Gasteiger charge is -2.44. The number of ether oxygens (including phenoxy) is 1. The van der Waals surface area contributed by atoms with E-state index in [1.165, 1.54) is 5.69 Å². The molecule has 4 heteroatoms. The number of nitrogens with one attached hydrogen (secondary N) is 1. The van der Waals surface area contributed by atoms with Crippen LogP contribution in [0, 0.1) is 5.92 Å². The molecule has 3 nitrogen and oxygen atoms in total. The Hall–Kier alpha value is -0.740. The quantitative estimate of drug-likeness (QED) is 0.922. The van der Waals surface area contributed by atoms with E-state index in [-0.39, 0.29) is 0 Å². The van der Waals surface area contributed by atoms with Gasteiger partial charge in [0.1, 0.15) is 5.75 Å². The number of benzene rings is 1. The maximum atomic E-state index is 5.51. The smallest absolute Gasteiger partial charge is 0.142 e. The molecule has 1 saturated heterocycles. The van der Waals surface area contributed by atoms with Gasteiger partial charge >= 0.3 is 0 Å². The minimum Gasteiger partial charge on any atom is -0.495 e. The number of methoxy groups -OCH3 is 1. The summed E-state index contributed by atoms with van der Waals surface area (Å²) in [7, 11) is 3.80. The van der Waals surface area contributed by atoms with Crippen molar-refractivity contribution in [3.63, 3.8) is 0 Å². The molecule has 0 spiro atoms. The maximum absolute atomic E-state index is 5.51. The minimum atomic E-state index is 0.495. The van der Waals surface area contributed by atoms with Crippen molar-refractivity contribution < 1.29 is 4.74 Å². The van der Waals surface area contributed by atoms with Crippen LogP contribution in [0.2, 0.25) is 0 Å². The zero-order chi connectivity index (χ0) is 14.0. The second-order valence-electron chi connectivity index (χ2n) is 5.29. The number of rotatable bonds is 3. The maximum Gasteiger partial charge on any atom is 0.142 e. The average Bonchev–Trinajstić information content (AvgIpc) is 2.42. The highest BCUT2D eigenvalue weighted by Crippen LogP contribution is 2.36. The number of halogens is 1. The molecule has 1 fully saturated rings. The van der Waals surface area contributed by atoms with Gasteiger partial charge in [-0.1, -0.05) is 22.9 Å². The van der Waals surface area contributed by atoms with E-state index in [0.717, 1.165) is 23.2 Å². The Kier molecular flexibility index (Phi) is 4.74. The fourth-order valence-corrected chi connectivity index (χ4v) is 3.35. The number of hydrogen-bond donors (Lipinski definition) is 1. The number of piperidine rings is 1. The van der Waals surface area contributed by atoms with Crippen LogP contribution in [0.25, 0.3) is 0 Å². The van der Waals surface area contributed by atoms with E-state index in [1.54, 1.807) is 7.11 Å². The molecule has 3 atom stereocenters. The summed E-state index contributed by atoms with van der Waals surface area (Å²) in [5, 5.41) is 3.43. The molecular weight excluding hydrogens is 304 g/mol. The molecule has 1 aliphatic rings. The summed E-state index contributed by atoms with van der Waals surface area (Å²) in [6.45, 7) is 5.68. The van der Waals surface area contributed by atoms with Gasteiger partial charge in [-0.2, -0.15) is 0 Å². The third-order valence-electron chi connectivity index (χ3n) is 4.39. The molecule has 1 aliphatic heterocycles. The summed E-state index contributed by atoms with van der Waals surface area (Å²) in [6, 6.07) is 7.30. The van der Waals surface area contributed by atoms with E-state index < -0.39 is 0 Å². The Morgan fingerprint density at radius 2 is 2.11 bits per heavy atom. The summed E-state index contributed by atoms with van der Waals surface area (Å²) >= 11 is 3.56. The molecule has 0 aromatic heterocycles. The summed E-state index contributed by atoms with van der Waals surface area (Å²) in [6.07, 6.45) is 1.16. The molecule has 0 aliphatic carbocycles. The van der Waals surface area contributed by atoms with Crippen LogP contribution in [-0.4, -0.2) is 32.8 Å². The normalized spacial score (nSPS) is 27.4. The first-order chi connectivity index (χ1) is 9.08. The number of anilines is 1. The van der Waals surface area contributed by atoms with Crippen LogP contribution in [0.1, 0.15) is 20.3 Å². The predicted molar refractivity (Wildman–Crippen MR) is 84.1 cm³/mol. The zero-order valence-electron chi connectivity index (χ0n) is 12.1. The van der Waals surface area contributed by atoms with Gasteiger partial charge in [0.05, 0.1) is 12.8 Å². The number of hydrogen-bond acceptors (Lipinski definition) is 3. The molecule has 106 valence electrons. The molecule has 1 aromatic rings. The van der Waals surface area contributed by atoms with Crippen molar-refractivity contribution in [2.24, 2.45) is 5.92 Å². The Balaban J connectivity index is 2.29. The Morgan fingerprint density at radius 3 is 2.74 bits per heavy atom. The molecule has 1 aromatic carbocycles. The molecule has 0 amide bonds. The zero-order valence-corrected chi connectivity index (χ0v) is 13.7. The van der Waals surface area contributed by atoms with Gasteiger partial charge in [-0.05, 0) is 44.5 Å². The van der Waals surface area contributed by atoms with Gasteiger partial charge in [0.15, 0.2) is 0 Å². The number of nitrogens with zero attached hydrogens (tertiary/aromatic N) is 1. The van der Waals surface area contributed by atoms with E-state index in [4.69, 9.17) is 4.74 Å². The van der Waals surface area contributed by atoms with E-state index in [9.17, 15) is 0 Å². The fourth-order valence-electron chi connectivity index (χ4n) is 3.00. The van der Waals surface area contributed by atoms with E-state index in [2.05, 4.69) is 53.1 Å².